The molecule has 4 rings (SSSR count). The van der Waals surface area contributed by atoms with E-state index in [1.54, 1.807) is 34.1 Å². The minimum Gasteiger partial charge on any atom is -0.391 e. The van der Waals surface area contributed by atoms with Gasteiger partial charge in [-0.3, -0.25) is 14.7 Å². The Morgan fingerprint density at radius 3 is 2.66 bits per heavy atom. The molecular weight excluding hydrogens is 375 g/mol. The lowest BCUT2D eigenvalue weighted by Gasteiger charge is -2.48. The third-order valence-corrected chi connectivity index (χ3v) is 6.14. The van der Waals surface area contributed by atoms with Gasteiger partial charge in [0.1, 0.15) is 11.5 Å². The topological polar surface area (TPSA) is 89.5 Å². The summed E-state index contributed by atoms with van der Waals surface area (Å²) in [6, 6.07) is 7.89. The Labute approximate surface area is 168 Å². The number of H-pyrrole nitrogens is 1. The lowest BCUT2D eigenvalue weighted by molar-refractivity contribution is -0.137. The van der Waals surface area contributed by atoms with E-state index in [0.29, 0.717) is 49.6 Å². The lowest BCUT2D eigenvalue weighted by Crippen LogP contribution is -2.55. The molecule has 2 aliphatic heterocycles. The summed E-state index contributed by atoms with van der Waals surface area (Å²) in [5.74, 6) is -0.585. The first-order chi connectivity index (χ1) is 13.9. The van der Waals surface area contributed by atoms with Crippen molar-refractivity contribution < 1.29 is 19.1 Å². The molecule has 0 aliphatic carbocycles. The van der Waals surface area contributed by atoms with Crippen LogP contribution in [0.4, 0.5) is 4.39 Å². The largest absolute Gasteiger partial charge is 0.391 e. The average molecular weight is 400 g/mol. The van der Waals surface area contributed by atoms with Crippen molar-refractivity contribution in [3.8, 4) is 11.3 Å². The number of carbonyl (C=O) groups is 2. The first kappa shape index (κ1) is 19.6. The highest BCUT2D eigenvalue weighted by Gasteiger charge is 2.43. The van der Waals surface area contributed by atoms with Crippen LogP contribution in [-0.2, 0) is 4.79 Å². The molecule has 154 valence electrons. The number of benzene rings is 1. The standard InChI is InChI=1S/C21H25FN4O3/c1-14(27)26-12-15(28)11-21(13-26)6-8-25(9-7-21)20(29)19-10-18(23-24-19)16-4-2-3-5-17(16)22/h2-5,10,15,28H,6-9,11-13H2,1H3,(H,23,24). The van der Waals surface area contributed by atoms with Crippen molar-refractivity contribution in [1.82, 2.24) is 20.0 Å². The number of hydrogen-bond donors (Lipinski definition) is 2. The summed E-state index contributed by atoms with van der Waals surface area (Å²) >= 11 is 0. The normalized spacial score (nSPS) is 21.4. The predicted octanol–water partition coefficient (Wildman–Crippen LogP) is 2.05. The third kappa shape index (κ3) is 3.89. The van der Waals surface area contributed by atoms with Gasteiger partial charge in [-0.2, -0.15) is 5.10 Å². The Morgan fingerprint density at radius 2 is 1.97 bits per heavy atom. The fourth-order valence-electron chi connectivity index (χ4n) is 4.55. The molecule has 2 aromatic rings. The molecule has 1 atom stereocenters. The molecule has 1 unspecified atom stereocenters. The van der Waals surface area contributed by atoms with Crippen molar-refractivity contribution in [3.63, 3.8) is 0 Å². The van der Waals surface area contributed by atoms with Crippen LogP contribution < -0.4 is 0 Å². The SMILES string of the molecule is CC(=O)N1CC(O)CC2(CCN(C(=O)c3cc(-c4ccccc4F)n[nH]3)CC2)C1. The van der Waals surface area contributed by atoms with E-state index in [9.17, 15) is 19.1 Å². The van der Waals surface area contributed by atoms with Gasteiger partial charge < -0.3 is 14.9 Å². The van der Waals surface area contributed by atoms with Crippen molar-refractivity contribution >= 4 is 11.8 Å². The quantitative estimate of drug-likeness (QED) is 0.808. The Hall–Kier alpha value is -2.74. The van der Waals surface area contributed by atoms with Gasteiger partial charge in [0.25, 0.3) is 5.91 Å². The number of carbonyl (C=O) groups excluding carboxylic acids is 2. The van der Waals surface area contributed by atoms with Gasteiger partial charge >= 0.3 is 0 Å². The van der Waals surface area contributed by atoms with Crippen LogP contribution >= 0.6 is 0 Å². The second-order valence-corrected chi connectivity index (χ2v) is 8.20. The summed E-state index contributed by atoms with van der Waals surface area (Å²) in [6.07, 6.45) is 1.59. The van der Waals surface area contributed by atoms with Crippen molar-refractivity contribution in [2.75, 3.05) is 26.2 Å². The van der Waals surface area contributed by atoms with Gasteiger partial charge in [-0.05, 0) is 42.9 Å². The highest BCUT2D eigenvalue weighted by atomic mass is 19.1. The highest BCUT2D eigenvalue weighted by Crippen LogP contribution is 2.40. The second-order valence-electron chi connectivity index (χ2n) is 8.20. The number of nitrogens with zero attached hydrogens (tertiary/aromatic N) is 3. The molecule has 1 aromatic carbocycles. The van der Waals surface area contributed by atoms with Gasteiger partial charge in [-0.15, -0.1) is 0 Å². The molecule has 7 nitrogen and oxygen atoms in total. The van der Waals surface area contributed by atoms with Crippen LogP contribution in [-0.4, -0.2) is 69.2 Å². The number of likely N-dealkylation sites (tertiary alicyclic amines) is 2. The maximum atomic E-state index is 14.0. The van der Waals surface area contributed by atoms with Crippen LogP contribution in [0.5, 0.6) is 0 Å². The molecule has 8 heteroatoms. The van der Waals surface area contributed by atoms with E-state index in [0.717, 1.165) is 12.8 Å². The molecule has 0 bridgehead atoms. The zero-order chi connectivity index (χ0) is 20.6. The molecule has 1 spiro atoms. The zero-order valence-electron chi connectivity index (χ0n) is 16.4. The molecule has 2 saturated heterocycles. The Bertz CT molecular complexity index is 920. The number of aliphatic hydroxyl groups excluding tert-OH is 1. The van der Waals surface area contributed by atoms with Gasteiger partial charge in [0.15, 0.2) is 0 Å². The number of piperidine rings is 2. The van der Waals surface area contributed by atoms with E-state index in [2.05, 4.69) is 10.2 Å². The molecule has 2 aliphatic rings. The number of halogens is 1. The summed E-state index contributed by atoms with van der Waals surface area (Å²) in [5.41, 5.74) is 0.925. The molecule has 29 heavy (non-hydrogen) atoms. The van der Waals surface area contributed by atoms with Crippen molar-refractivity contribution in [2.45, 2.75) is 32.3 Å². The number of aliphatic hydroxyl groups is 1. The molecule has 3 heterocycles. The number of β-amino-alcohol motifs (C(OH)–C–C–N with tert-alkyl or cyclic N) is 1. The van der Waals surface area contributed by atoms with E-state index in [1.165, 1.54) is 13.0 Å². The number of rotatable bonds is 2. The minimum atomic E-state index is -0.522. The van der Waals surface area contributed by atoms with Crippen LogP contribution in [0, 0.1) is 11.2 Å². The zero-order valence-corrected chi connectivity index (χ0v) is 16.4. The molecule has 2 fully saturated rings. The van der Waals surface area contributed by atoms with Gasteiger partial charge in [0.05, 0.1) is 11.8 Å². The predicted molar refractivity (Wildman–Crippen MR) is 104 cm³/mol. The van der Waals surface area contributed by atoms with Gasteiger partial charge in [-0.25, -0.2) is 4.39 Å². The van der Waals surface area contributed by atoms with Gasteiger partial charge in [-0.1, -0.05) is 12.1 Å². The van der Waals surface area contributed by atoms with Crippen molar-refractivity contribution in [2.24, 2.45) is 5.41 Å². The van der Waals surface area contributed by atoms with E-state index in [-0.39, 0.29) is 23.0 Å². The van der Waals surface area contributed by atoms with Crippen LogP contribution in [0.15, 0.2) is 30.3 Å². The van der Waals surface area contributed by atoms with Crippen molar-refractivity contribution in [3.05, 3.63) is 41.8 Å². The maximum absolute atomic E-state index is 14.0. The minimum absolute atomic E-state index is 0.0280. The van der Waals surface area contributed by atoms with Crippen molar-refractivity contribution in [1.29, 1.82) is 0 Å². The number of aromatic nitrogens is 2. The Kier molecular flexibility index (Phi) is 5.12. The van der Waals surface area contributed by atoms with Crippen LogP contribution in [0.25, 0.3) is 11.3 Å². The summed E-state index contributed by atoms with van der Waals surface area (Å²) in [4.78, 5) is 28.1. The third-order valence-electron chi connectivity index (χ3n) is 6.14. The van der Waals surface area contributed by atoms with Gasteiger partial charge in [0.2, 0.25) is 5.91 Å². The molecular formula is C21H25FN4O3. The smallest absolute Gasteiger partial charge is 0.271 e. The molecule has 1 aromatic heterocycles. The molecule has 2 amide bonds. The molecule has 0 radical (unpaired) electrons. The van der Waals surface area contributed by atoms with Crippen LogP contribution in [0.1, 0.15) is 36.7 Å². The van der Waals surface area contributed by atoms with Crippen LogP contribution in [0.2, 0.25) is 0 Å². The van der Waals surface area contributed by atoms with Gasteiger partial charge in [0, 0.05) is 38.7 Å². The maximum Gasteiger partial charge on any atom is 0.271 e. The Balaban J connectivity index is 1.43. The average Bonchev–Trinajstić information content (AvgIpc) is 3.18. The monoisotopic (exact) mass is 400 g/mol. The lowest BCUT2D eigenvalue weighted by atomic mass is 9.71. The number of aromatic amines is 1. The molecule has 0 saturated carbocycles. The highest BCUT2D eigenvalue weighted by molar-refractivity contribution is 5.93. The first-order valence-corrected chi connectivity index (χ1v) is 9.90. The van der Waals surface area contributed by atoms with E-state index in [4.69, 9.17) is 0 Å². The van der Waals surface area contributed by atoms with E-state index in [1.807, 2.05) is 0 Å². The first-order valence-electron chi connectivity index (χ1n) is 9.90. The van der Waals surface area contributed by atoms with E-state index >= 15 is 0 Å². The number of hydrogen-bond acceptors (Lipinski definition) is 4. The fourth-order valence-corrected chi connectivity index (χ4v) is 4.55. The molecule has 2 N–H and O–H groups in total. The summed E-state index contributed by atoms with van der Waals surface area (Å²) < 4.78 is 14.0. The fraction of sp³-hybridized carbons (Fsp3) is 0.476. The van der Waals surface area contributed by atoms with Crippen LogP contribution in [0.3, 0.4) is 0 Å². The number of amides is 2. The number of nitrogens with one attached hydrogen (secondary N) is 1. The van der Waals surface area contributed by atoms with E-state index < -0.39 is 6.10 Å². The summed E-state index contributed by atoms with van der Waals surface area (Å²) in [6.45, 7) is 3.63. The summed E-state index contributed by atoms with van der Waals surface area (Å²) in [5, 5.41) is 17.0. The second kappa shape index (κ2) is 7.59. The summed E-state index contributed by atoms with van der Waals surface area (Å²) in [7, 11) is 0. The Morgan fingerprint density at radius 1 is 1.24 bits per heavy atom.